The molecular weight excluding hydrogens is 284 g/mol. The lowest BCUT2D eigenvalue weighted by Crippen LogP contribution is -2.11. The van der Waals surface area contributed by atoms with Crippen LogP contribution in [0.4, 0.5) is 16.4 Å². The Morgan fingerprint density at radius 3 is 2.86 bits per heavy atom. The molecule has 4 N–H and O–H groups in total. The second kappa shape index (κ2) is 5.65. The fourth-order valence-corrected chi connectivity index (χ4v) is 1.96. The van der Waals surface area contributed by atoms with Gasteiger partial charge in [0.2, 0.25) is 5.95 Å². The second-order valence-electron chi connectivity index (χ2n) is 4.52. The van der Waals surface area contributed by atoms with E-state index >= 15 is 0 Å². The van der Waals surface area contributed by atoms with Crippen molar-refractivity contribution in [3.8, 4) is 11.5 Å². The number of amides is 1. The summed E-state index contributed by atoms with van der Waals surface area (Å²) in [5.41, 5.74) is 7.82. The van der Waals surface area contributed by atoms with Gasteiger partial charge in [-0.3, -0.25) is 5.32 Å². The van der Waals surface area contributed by atoms with Gasteiger partial charge in [-0.2, -0.15) is 0 Å². The summed E-state index contributed by atoms with van der Waals surface area (Å²) in [5, 5.41) is 2.47. The van der Waals surface area contributed by atoms with Crippen molar-refractivity contribution in [3.05, 3.63) is 42.5 Å². The van der Waals surface area contributed by atoms with Crippen LogP contribution in [0.1, 0.15) is 0 Å². The molecule has 1 aromatic heterocycles. The Bertz CT molecular complexity index is 829. The number of aromatic nitrogens is 2. The first-order chi connectivity index (χ1) is 10.7. The minimum Gasteiger partial charge on any atom is -0.455 e. The summed E-state index contributed by atoms with van der Waals surface area (Å²) in [7, 11) is 1.29. The Kier molecular flexibility index (Phi) is 3.53. The highest BCUT2D eigenvalue weighted by molar-refractivity contribution is 5.86. The quantitative estimate of drug-likeness (QED) is 0.645. The van der Waals surface area contributed by atoms with Crippen LogP contribution in [-0.2, 0) is 4.74 Å². The zero-order chi connectivity index (χ0) is 15.5. The van der Waals surface area contributed by atoms with Crippen molar-refractivity contribution >= 4 is 28.8 Å². The van der Waals surface area contributed by atoms with Gasteiger partial charge in [-0.25, -0.2) is 9.78 Å². The lowest BCUT2D eigenvalue weighted by atomic mass is 10.3. The van der Waals surface area contributed by atoms with Crippen molar-refractivity contribution in [2.24, 2.45) is 0 Å². The standard InChI is InChI=1S/C15H14N4O3/c1-21-15(20)19-14-17-11-7-6-9(8-12(11)18-14)22-13-5-3-2-4-10(13)16/h2-8H,16H2,1H3,(H2,17,18,19,20). The topological polar surface area (TPSA) is 102 Å². The molecule has 1 amide bonds. The number of nitrogens with two attached hydrogens (primary N) is 1. The van der Waals surface area contributed by atoms with Gasteiger partial charge >= 0.3 is 6.09 Å². The molecule has 7 nitrogen and oxygen atoms in total. The average Bonchev–Trinajstić information content (AvgIpc) is 2.91. The van der Waals surface area contributed by atoms with Crippen molar-refractivity contribution in [2.45, 2.75) is 0 Å². The van der Waals surface area contributed by atoms with Crippen LogP contribution in [0.3, 0.4) is 0 Å². The van der Waals surface area contributed by atoms with Gasteiger partial charge in [0.05, 0.1) is 23.8 Å². The number of hydrogen-bond acceptors (Lipinski definition) is 5. The molecule has 2 aromatic carbocycles. The molecule has 1 heterocycles. The fourth-order valence-electron chi connectivity index (χ4n) is 1.96. The van der Waals surface area contributed by atoms with Crippen LogP contribution in [0.5, 0.6) is 11.5 Å². The van der Waals surface area contributed by atoms with E-state index < -0.39 is 6.09 Å². The largest absolute Gasteiger partial charge is 0.455 e. The van der Waals surface area contributed by atoms with Crippen molar-refractivity contribution in [1.29, 1.82) is 0 Å². The maximum absolute atomic E-state index is 11.2. The van der Waals surface area contributed by atoms with Crippen molar-refractivity contribution in [2.75, 3.05) is 18.2 Å². The van der Waals surface area contributed by atoms with E-state index in [0.717, 1.165) is 5.52 Å². The van der Waals surface area contributed by atoms with E-state index in [2.05, 4.69) is 20.0 Å². The number of imidazole rings is 1. The summed E-state index contributed by atoms with van der Waals surface area (Å²) in [4.78, 5) is 18.4. The molecule has 0 atom stereocenters. The third kappa shape index (κ3) is 2.78. The van der Waals surface area contributed by atoms with Gasteiger partial charge in [-0.1, -0.05) is 12.1 Å². The van der Waals surface area contributed by atoms with Crippen LogP contribution in [0.2, 0.25) is 0 Å². The number of para-hydroxylation sites is 2. The molecular formula is C15H14N4O3. The number of aromatic amines is 1. The minimum atomic E-state index is -0.590. The number of fused-ring (bicyclic) bond motifs is 1. The number of anilines is 2. The Morgan fingerprint density at radius 2 is 2.09 bits per heavy atom. The Morgan fingerprint density at radius 1 is 1.27 bits per heavy atom. The van der Waals surface area contributed by atoms with E-state index in [0.29, 0.717) is 28.7 Å². The number of rotatable bonds is 3. The third-order valence-corrected chi connectivity index (χ3v) is 3.01. The van der Waals surface area contributed by atoms with Crippen molar-refractivity contribution in [3.63, 3.8) is 0 Å². The number of carbonyl (C=O) groups is 1. The van der Waals surface area contributed by atoms with Gasteiger partial charge < -0.3 is 20.2 Å². The zero-order valence-electron chi connectivity index (χ0n) is 11.8. The predicted octanol–water partition coefficient (Wildman–Crippen LogP) is 3.12. The first-order valence-corrected chi connectivity index (χ1v) is 6.53. The molecule has 22 heavy (non-hydrogen) atoms. The number of hydrogen-bond donors (Lipinski definition) is 3. The monoisotopic (exact) mass is 298 g/mol. The third-order valence-electron chi connectivity index (χ3n) is 3.01. The van der Waals surface area contributed by atoms with Gasteiger partial charge in [0.25, 0.3) is 0 Å². The molecule has 0 aliphatic heterocycles. The molecule has 0 spiro atoms. The van der Waals surface area contributed by atoms with Gasteiger partial charge in [-0.05, 0) is 24.3 Å². The molecule has 0 unspecified atom stereocenters. The van der Waals surface area contributed by atoms with Crippen molar-refractivity contribution < 1.29 is 14.3 Å². The number of nitrogens with zero attached hydrogens (tertiary/aromatic N) is 1. The Hall–Kier alpha value is -3.22. The van der Waals surface area contributed by atoms with Crippen LogP contribution in [0.15, 0.2) is 42.5 Å². The number of methoxy groups -OCH3 is 1. The molecule has 0 radical (unpaired) electrons. The molecule has 7 heteroatoms. The molecule has 0 aliphatic rings. The summed E-state index contributed by atoms with van der Waals surface area (Å²) in [6.07, 6.45) is -0.590. The van der Waals surface area contributed by atoms with Gasteiger partial charge in [0.15, 0.2) is 0 Å². The molecule has 0 saturated carbocycles. The van der Waals surface area contributed by atoms with Gasteiger partial charge in [-0.15, -0.1) is 0 Å². The van der Waals surface area contributed by atoms with Crippen LogP contribution < -0.4 is 15.8 Å². The summed E-state index contributed by atoms with van der Waals surface area (Å²) in [6, 6.07) is 12.6. The van der Waals surface area contributed by atoms with Crippen LogP contribution >= 0.6 is 0 Å². The SMILES string of the molecule is COC(=O)Nc1nc2ccc(Oc3ccccc3N)cc2[nH]1. The molecule has 3 rings (SSSR count). The van der Waals surface area contributed by atoms with E-state index in [9.17, 15) is 4.79 Å². The highest BCUT2D eigenvalue weighted by atomic mass is 16.5. The fraction of sp³-hybridized carbons (Fsp3) is 0.0667. The maximum atomic E-state index is 11.2. The normalized spacial score (nSPS) is 10.4. The Balaban J connectivity index is 1.86. The smallest absolute Gasteiger partial charge is 0.413 e. The van der Waals surface area contributed by atoms with E-state index in [-0.39, 0.29) is 0 Å². The first kappa shape index (κ1) is 13.7. The first-order valence-electron chi connectivity index (χ1n) is 6.53. The molecule has 0 fully saturated rings. The summed E-state index contributed by atoms with van der Waals surface area (Å²) in [6.45, 7) is 0. The van der Waals surface area contributed by atoms with Gasteiger partial charge in [0.1, 0.15) is 11.5 Å². The summed E-state index contributed by atoms with van der Waals surface area (Å²) >= 11 is 0. The van der Waals surface area contributed by atoms with Crippen molar-refractivity contribution in [1.82, 2.24) is 9.97 Å². The van der Waals surface area contributed by atoms with Crippen LogP contribution in [-0.4, -0.2) is 23.2 Å². The lowest BCUT2D eigenvalue weighted by Gasteiger charge is -2.07. The number of benzene rings is 2. The minimum absolute atomic E-state index is 0.304. The zero-order valence-corrected chi connectivity index (χ0v) is 11.8. The Labute approximate surface area is 126 Å². The molecule has 0 saturated heterocycles. The predicted molar refractivity (Wildman–Crippen MR) is 83.0 cm³/mol. The lowest BCUT2D eigenvalue weighted by molar-refractivity contribution is 0.186. The maximum Gasteiger partial charge on any atom is 0.413 e. The molecule has 112 valence electrons. The van der Waals surface area contributed by atoms with Crippen LogP contribution in [0, 0.1) is 0 Å². The number of carbonyl (C=O) groups excluding carboxylic acids is 1. The van der Waals surface area contributed by atoms with Crippen LogP contribution in [0.25, 0.3) is 11.0 Å². The molecule has 0 aliphatic carbocycles. The summed E-state index contributed by atoms with van der Waals surface area (Å²) in [5.74, 6) is 1.49. The van der Waals surface area contributed by atoms with Gasteiger partial charge in [0, 0.05) is 6.07 Å². The van der Waals surface area contributed by atoms with E-state index in [1.54, 1.807) is 30.3 Å². The molecule has 0 bridgehead atoms. The number of H-pyrrole nitrogens is 1. The molecule has 3 aromatic rings. The number of ether oxygens (including phenoxy) is 2. The second-order valence-corrected chi connectivity index (χ2v) is 4.52. The van der Waals surface area contributed by atoms with E-state index in [1.165, 1.54) is 7.11 Å². The number of nitrogen functional groups attached to an aromatic ring is 1. The highest BCUT2D eigenvalue weighted by Gasteiger charge is 2.08. The average molecular weight is 298 g/mol. The highest BCUT2D eigenvalue weighted by Crippen LogP contribution is 2.29. The van der Waals surface area contributed by atoms with E-state index in [4.69, 9.17) is 10.5 Å². The summed E-state index contributed by atoms with van der Waals surface area (Å²) < 4.78 is 10.3. The van der Waals surface area contributed by atoms with E-state index in [1.807, 2.05) is 12.1 Å². The number of nitrogens with one attached hydrogen (secondary N) is 2.